The molecule has 1 saturated carbocycles. The van der Waals surface area contributed by atoms with Crippen LogP contribution in [0.3, 0.4) is 0 Å². The number of nitrogens with zero attached hydrogens (tertiary/aromatic N) is 3. The van der Waals surface area contributed by atoms with Crippen LogP contribution in [-0.2, 0) is 6.61 Å². The van der Waals surface area contributed by atoms with Crippen molar-refractivity contribution in [1.29, 1.82) is 0 Å². The van der Waals surface area contributed by atoms with Crippen LogP contribution >= 0.6 is 31.9 Å². The van der Waals surface area contributed by atoms with E-state index < -0.39 is 5.97 Å². The number of ether oxygens (including phenoxy) is 2. The van der Waals surface area contributed by atoms with Gasteiger partial charge in [0.15, 0.2) is 11.5 Å². The first kappa shape index (κ1) is 28.0. The van der Waals surface area contributed by atoms with E-state index in [2.05, 4.69) is 37.0 Å². The second-order valence-corrected chi connectivity index (χ2v) is 11.2. The molecule has 0 spiro atoms. The maximum absolute atomic E-state index is 13.5. The van der Waals surface area contributed by atoms with Gasteiger partial charge in [0.25, 0.3) is 5.56 Å². The molecule has 0 aliphatic heterocycles. The third-order valence-electron chi connectivity index (χ3n) is 6.99. The van der Waals surface area contributed by atoms with Gasteiger partial charge in [0.2, 0.25) is 0 Å². The van der Waals surface area contributed by atoms with E-state index in [1.54, 1.807) is 36.5 Å². The number of carboxylic acids is 1. The Kier molecular flexibility index (Phi) is 8.66. The van der Waals surface area contributed by atoms with Crippen molar-refractivity contribution in [2.45, 2.75) is 44.6 Å². The highest BCUT2D eigenvalue weighted by atomic mass is 79.9. The highest BCUT2D eigenvalue weighted by Crippen LogP contribution is 2.42. The van der Waals surface area contributed by atoms with Crippen LogP contribution in [0.4, 0.5) is 0 Å². The first-order chi connectivity index (χ1) is 19.4. The zero-order valence-corrected chi connectivity index (χ0v) is 24.9. The monoisotopic (exact) mass is 667 g/mol. The summed E-state index contributed by atoms with van der Waals surface area (Å²) < 4.78 is 14.3. The zero-order chi connectivity index (χ0) is 28.2. The number of halogens is 2. The van der Waals surface area contributed by atoms with Gasteiger partial charge in [-0.05, 0) is 80.6 Å². The average Bonchev–Trinajstić information content (AvgIpc) is 2.98. The van der Waals surface area contributed by atoms with Gasteiger partial charge in [-0.2, -0.15) is 9.78 Å². The molecule has 1 fully saturated rings. The summed E-state index contributed by atoms with van der Waals surface area (Å²) in [7, 11) is 1.54. The van der Waals surface area contributed by atoms with Crippen molar-refractivity contribution in [3.63, 3.8) is 0 Å². The van der Waals surface area contributed by atoms with E-state index in [1.807, 2.05) is 18.2 Å². The Morgan fingerprint density at radius 3 is 2.62 bits per heavy atom. The summed E-state index contributed by atoms with van der Waals surface area (Å²) in [5, 5.41) is 14.4. The molecule has 0 bridgehead atoms. The fourth-order valence-corrected chi connectivity index (χ4v) is 5.87. The standard InChI is InChI=1S/C30H27Br2N3O5/c1-39-24-15-21(25(31)26(32)27(24)40-17-18-8-7-11-20(14-18)30(37)38)16-33-35-28(19-9-3-2-4-10-19)34-23-13-6-5-12-22(23)29(35)36/h5-8,11-16,19H,2-4,9-10,17H2,1H3,(H,37,38). The number of hydrogen-bond acceptors (Lipinski definition) is 6. The Morgan fingerprint density at radius 1 is 1.10 bits per heavy atom. The first-order valence-electron chi connectivity index (χ1n) is 12.9. The molecule has 1 aromatic heterocycles. The fraction of sp³-hybridized carbons (Fsp3) is 0.267. The van der Waals surface area contributed by atoms with Crippen molar-refractivity contribution in [2.75, 3.05) is 7.11 Å². The molecule has 206 valence electrons. The quantitative estimate of drug-likeness (QED) is 0.200. The number of aromatic carboxylic acids is 1. The van der Waals surface area contributed by atoms with E-state index in [4.69, 9.17) is 14.5 Å². The summed E-state index contributed by atoms with van der Waals surface area (Å²) in [5.74, 6) is 0.745. The minimum absolute atomic E-state index is 0.138. The minimum Gasteiger partial charge on any atom is -0.493 e. The number of fused-ring (bicyclic) bond motifs is 1. The zero-order valence-electron chi connectivity index (χ0n) is 21.8. The number of rotatable bonds is 8. The Labute approximate surface area is 247 Å². The van der Waals surface area contributed by atoms with Crippen molar-refractivity contribution < 1.29 is 19.4 Å². The van der Waals surface area contributed by atoms with Gasteiger partial charge in [0, 0.05) is 16.0 Å². The molecule has 0 saturated heterocycles. The van der Waals surface area contributed by atoms with Crippen molar-refractivity contribution >= 4 is 54.9 Å². The molecule has 1 N–H and O–H groups in total. The molecule has 4 aromatic rings. The van der Waals surface area contributed by atoms with Gasteiger partial charge in [-0.15, -0.1) is 0 Å². The molecule has 1 heterocycles. The summed E-state index contributed by atoms with van der Waals surface area (Å²) in [4.78, 5) is 29.7. The third kappa shape index (κ3) is 5.83. The molecule has 0 atom stereocenters. The second-order valence-electron chi connectivity index (χ2n) is 9.60. The predicted octanol–water partition coefficient (Wildman–Crippen LogP) is 7.14. The summed E-state index contributed by atoms with van der Waals surface area (Å²) in [6.45, 7) is 0.138. The summed E-state index contributed by atoms with van der Waals surface area (Å²) in [6.07, 6.45) is 6.97. The van der Waals surface area contributed by atoms with Crippen LogP contribution in [-0.4, -0.2) is 34.1 Å². The Balaban J connectivity index is 1.50. The summed E-state index contributed by atoms with van der Waals surface area (Å²) >= 11 is 7.22. The second kappa shape index (κ2) is 12.3. The molecule has 5 rings (SSSR count). The van der Waals surface area contributed by atoms with E-state index in [0.29, 0.717) is 48.3 Å². The number of methoxy groups -OCH3 is 1. The SMILES string of the molecule is COc1cc(C=Nn2c(C3CCCCC3)nc3ccccc3c2=O)c(Br)c(Br)c1OCc1cccc(C(=O)O)c1. The van der Waals surface area contributed by atoms with Gasteiger partial charge in [-0.3, -0.25) is 4.79 Å². The fourth-order valence-electron chi connectivity index (χ4n) is 4.93. The Hall–Kier alpha value is -3.50. The van der Waals surface area contributed by atoms with Crippen LogP contribution in [0.1, 0.15) is 65.3 Å². The van der Waals surface area contributed by atoms with Crippen LogP contribution < -0.4 is 15.0 Å². The van der Waals surface area contributed by atoms with Crippen LogP contribution in [0.2, 0.25) is 0 Å². The molecule has 0 unspecified atom stereocenters. The van der Waals surface area contributed by atoms with Crippen molar-refractivity contribution in [1.82, 2.24) is 9.66 Å². The molecular formula is C30H27Br2N3O5. The molecule has 0 radical (unpaired) electrons. The number of benzene rings is 3. The van der Waals surface area contributed by atoms with Gasteiger partial charge >= 0.3 is 5.97 Å². The van der Waals surface area contributed by atoms with Crippen LogP contribution in [0.5, 0.6) is 11.5 Å². The maximum Gasteiger partial charge on any atom is 0.335 e. The lowest BCUT2D eigenvalue weighted by molar-refractivity contribution is 0.0696. The lowest BCUT2D eigenvalue weighted by Crippen LogP contribution is -2.25. The number of carboxylic acid groups (broad SMARTS) is 1. The molecule has 40 heavy (non-hydrogen) atoms. The lowest BCUT2D eigenvalue weighted by atomic mass is 9.88. The molecular weight excluding hydrogens is 642 g/mol. The molecule has 10 heteroatoms. The van der Waals surface area contributed by atoms with Crippen LogP contribution in [0.15, 0.2) is 73.4 Å². The van der Waals surface area contributed by atoms with Gasteiger partial charge in [-0.1, -0.05) is 43.5 Å². The third-order valence-corrected chi connectivity index (χ3v) is 9.14. The van der Waals surface area contributed by atoms with Crippen LogP contribution in [0, 0.1) is 0 Å². The first-order valence-corrected chi connectivity index (χ1v) is 14.5. The predicted molar refractivity (Wildman–Crippen MR) is 161 cm³/mol. The van der Waals surface area contributed by atoms with Gasteiger partial charge in [0.1, 0.15) is 12.4 Å². The highest BCUT2D eigenvalue weighted by molar-refractivity contribution is 9.13. The van der Waals surface area contributed by atoms with Gasteiger partial charge in [-0.25, -0.2) is 9.78 Å². The molecule has 3 aromatic carbocycles. The smallest absolute Gasteiger partial charge is 0.335 e. The molecule has 8 nitrogen and oxygen atoms in total. The number of para-hydroxylation sites is 1. The van der Waals surface area contributed by atoms with Crippen molar-refractivity contribution in [2.24, 2.45) is 5.10 Å². The van der Waals surface area contributed by atoms with Gasteiger partial charge < -0.3 is 14.6 Å². The van der Waals surface area contributed by atoms with Crippen molar-refractivity contribution in [3.05, 3.63) is 96.4 Å². The lowest BCUT2D eigenvalue weighted by Gasteiger charge is -2.22. The molecule has 1 aliphatic carbocycles. The van der Waals surface area contributed by atoms with Crippen LogP contribution in [0.25, 0.3) is 10.9 Å². The number of hydrogen-bond donors (Lipinski definition) is 1. The van der Waals surface area contributed by atoms with E-state index in [9.17, 15) is 14.7 Å². The van der Waals surface area contributed by atoms with Crippen molar-refractivity contribution in [3.8, 4) is 11.5 Å². The largest absolute Gasteiger partial charge is 0.493 e. The summed E-state index contributed by atoms with van der Waals surface area (Å²) in [6, 6.07) is 15.7. The molecule has 1 aliphatic rings. The van der Waals surface area contributed by atoms with Gasteiger partial charge in [0.05, 0.1) is 34.3 Å². The number of carbonyl (C=O) groups is 1. The van der Waals surface area contributed by atoms with E-state index in [-0.39, 0.29) is 23.6 Å². The average molecular weight is 669 g/mol. The topological polar surface area (TPSA) is 103 Å². The Morgan fingerprint density at radius 2 is 1.88 bits per heavy atom. The summed E-state index contributed by atoms with van der Waals surface area (Å²) in [5.41, 5.74) is 2.03. The highest BCUT2D eigenvalue weighted by Gasteiger charge is 2.23. The van der Waals surface area contributed by atoms with E-state index in [0.717, 1.165) is 25.7 Å². The normalized spacial score (nSPS) is 14.1. The maximum atomic E-state index is 13.5. The number of aromatic nitrogens is 2. The van der Waals surface area contributed by atoms with E-state index in [1.165, 1.54) is 24.3 Å². The minimum atomic E-state index is -1.00. The molecule has 0 amide bonds. The Bertz CT molecular complexity index is 1660. The van der Waals surface area contributed by atoms with E-state index >= 15 is 0 Å².